The summed E-state index contributed by atoms with van der Waals surface area (Å²) in [6.45, 7) is 1.81. The molecule has 0 aromatic heterocycles. The lowest BCUT2D eigenvalue weighted by molar-refractivity contribution is -0.379. The highest BCUT2D eigenvalue weighted by Crippen LogP contribution is 2.33. The van der Waals surface area contributed by atoms with Gasteiger partial charge in [-0.3, -0.25) is 4.79 Å². The molecule has 3 rings (SSSR count). The normalized spacial score (nSPS) is 26.7. The first-order chi connectivity index (χ1) is 47.8. The van der Waals surface area contributed by atoms with Gasteiger partial charge in [0.15, 0.2) is 18.9 Å². The third-order valence-corrected chi connectivity index (χ3v) is 20.8. The molecule has 0 aromatic carbocycles. The smallest absolute Gasteiger partial charge is 0.220 e. The molecule has 19 heteroatoms. The van der Waals surface area contributed by atoms with Crippen LogP contribution in [0.1, 0.15) is 354 Å². The predicted octanol–water partition coefficient (Wildman–Crippen LogP) is 13.6. The van der Waals surface area contributed by atoms with E-state index < -0.39 is 124 Å². The number of carbonyl (C=O) groups is 1. The Balaban J connectivity index is 1.36. The van der Waals surface area contributed by atoms with Crippen molar-refractivity contribution in [2.45, 2.75) is 458 Å². The zero-order valence-corrected chi connectivity index (χ0v) is 62.1. The van der Waals surface area contributed by atoms with Crippen LogP contribution in [0, 0.1) is 0 Å². The van der Waals surface area contributed by atoms with Crippen molar-refractivity contribution in [2.75, 3.05) is 26.4 Å². The third kappa shape index (κ3) is 40.7. The van der Waals surface area contributed by atoms with E-state index in [0.29, 0.717) is 6.42 Å². The number of rotatable bonds is 66. The van der Waals surface area contributed by atoms with Crippen molar-refractivity contribution in [2.24, 2.45) is 0 Å². The van der Waals surface area contributed by atoms with Crippen molar-refractivity contribution in [3.05, 3.63) is 12.2 Å². The standard InChI is InChI=1S/C79H151NO18/c1-3-5-7-9-11-13-15-17-19-21-23-25-27-28-29-30-31-32-33-35-37-39-41-43-45-47-49-51-53-55-57-67(85)80-62(63(84)56-54-52-50-48-46-44-42-40-38-36-34-26-24-22-20-18-16-14-12-10-8-6-4-2)61-93-77-73(91)70(88)75(65(59-82)95-77)98-79-74(92)71(89)76(66(60-83)96-79)97-78-72(90)69(87)68(86)64(58-81)94-78/h54,56,62-66,68-79,81-84,86-92H,3-53,55,57-61H2,1-2H3,(H,80,85)/b56-54+. The fourth-order valence-electron chi connectivity index (χ4n) is 14.3. The Morgan fingerprint density at radius 2 is 0.633 bits per heavy atom. The quantitative estimate of drug-likeness (QED) is 0.0199. The molecule has 0 aliphatic carbocycles. The van der Waals surface area contributed by atoms with E-state index in [2.05, 4.69) is 19.2 Å². The molecule has 19 nitrogen and oxygen atoms in total. The summed E-state index contributed by atoms with van der Waals surface area (Å²) in [5.41, 5.74) is 0. The molecule has 3 fully saturated rings. The lowest BCUT2D eigenvalue weighted by Crippen LogP contribution is -2.66. The summed E-state index contributed by atoms with van der Waals surface area (Å²) < 4.78 is 34.5. The molecule has 3 aliphatic heterocycles. The van der Waals surface area contributed by atoms with E-state index in [-0.39, 0.29) is 18.9 Å². The van der Waals surface area contributed by atoms with E-state index in [1.165, 1.54) is 283 Å². The van der Waals surface area contributed by atoms with Crippen molar-refractivity contribution in [3.63, 3.8) is 0 Å². The van der Waals surface area contributed by atoms with Crippen molar-refractivity contribution in [1.29, 1.82) is 0 Å². The number of allylic oxidation sites excluding steroid dienone is 1. The summed E-state index contributed by atoms with van der Waals surface area (Å²) in [6.07, 6.45) is 44.9. The molecule has 0 bridgehead atoms. The predicted molar refractivity (Wildman–Crippen MR) is 388 cm³/mol. The molecule has 98 heavy (non-hydrogen) atoms. The number of amides is 1. The van der Waals surface area contributed by atoms with E-state index in [0.717, 1.165) is 44.9 Å². The lowest BCUT2D eigenvalue weighted by Gasteiger charge is -2.48. The lowest BCUT2D eigenvalue weighted by atomic mass is 9.96. The Morgan fingerprint density at radius 1 is 0.357 bits per heavy atom. The number of carbonyl (C=O) groups excluding carboxylic acids is 1. The van der Waals surface area contributed by atoms with Crippen LogP contribution in [-0.2, 0) is 33.2 Å². The van der Waals surface area contributed by atoms with Crippen LogP contribution in [0.2, 0.25) is 0 Å². The number of hydrogen-bond donors (Lipinski definition) is 12. The molecule has 12 N–H and O–H groups in total. The van der Waals surface area contributed by atoms with E-state index in [4.69, 9.17) is 28.4 Å². The highest BCUT2D eigenvalue weighted by Gasteiger charge is 2.54. The number of unbranched alkanes of at least 4 members (excludes halogenated alkanes) is 50. The van der Waals surface area contributed by atoms with Gasteiger partial charge in [-0.2, -0.15) is 0 Å². The molecule has 580 valence electrons. The van der Waals surface area contributed by atoms with Crippen LogP contribution in [0.15, 0.2) is 12.2 Å². The number of aliphatic hydroxyl groups is 11. The van der Waals surface area contributed by atoms with Gasteiger partial charge < -0.3 is 89.9 Å². The number of hydrogen-bond acceptors (Lipinski definition) is 18. The molecule has 0 saturated carbocycles. The molecule has 0 aromatic rings. The van der Waals surface area contributed by atoms with Gasteiger partial charge in [0.1, 0.15) is 73.2 Å². The third-order valence-electron chi connectivity index (χ3n) is 20.8. The Labute approximate surface area is 595 Å². The number of nitrogens with one attached hydrogen (secondary N) is 1. The SMILES string of the molecule is CCCCCCCCCCCCCCCCCCCCCCC/C=C/C(O)C(COC1OC(CO)C(OC2OC(CO)C(OC3OC(CO)C(O)C(O)C3O)C(O)C2O)C(O)C1O)NC(=O)CCCCCCCCCCCCCCCCCCCCCCCCCCCCCCCC. The minimum Gasteiger partial charge on any atom is -0.394 e. The van der Waals surface area contributed by atoms with Gasteiger partial charge in [-0.25, -0.2) is 0 Å². The van der Waals surface area contributed by atoms with Gasteiger partial charge in [0.25, 0.3) is 0 Å². The molecule has 0 spiro atoms. The Hall–Kier alpha value is -1.47. The maximum absolute atomic E-state index is 13.5. The van der Waals surface area contributed by atoms with Crippen LogP contribution in [0.4, 0.5) is 0 Å². The summed E-state index contributed by atoms with van der Waals surface area (Å²) in [4.78, 5) is 13.5. The molecule has 3 heterocycles. The van der Waals surface area contributed by atoms with Gasteiger partial charge in [0.2, 0.25) is 5.91 Å². The molecule has 17 atom stereocenters. The van der Waals surface area contributed by atoms with Gasteiger partial charge >= 0.3 is 0 Å². The van der Waals surface area contributed by atoms with Gasteiger partial charge in [-0.05, 0) is 19.3 Å². The Morgan fingerprint density at radius 3 is 0.959 bits per heavy atom. The Kier molecular flexibility index (Phi) is 56.3. The van der Waals surface area contributed by atoms with Crippen molar-refractivity contribution in [1.82, 2.24) is 5.32 Å². The fraction of sp³-hybridized carbons (Fsp3) is 0.962. The average molecular weight is 1400 g/mol. The largest absolute Gasteiger partial charge is 0.394 e. The minimum absolute atomic E-state index is 0.250. The maximum Gasteiger partial charge on any atom is 0.220 e. The van der Waals surface area contributed by atoms with Gasteiger partial charge in [0.05, 0.1) is 38.6 Å². The molecule has 0 radical (unpaired) electrons. The summed E-state index contributed by atoms with van der Waals surface area (Å²) >= 11 is 0. The molecule has 17 unspecified atom stereocenters. The number of aliphatic hydroxyl groups excluding tert-OH is 11. The fourth-order valence-corrected chi connectivity index (χ4v) is 14.3. The summed E-state index contributed by atoms with van der Waals surface area (Å²) in [5, 5.41) is 121. The van der Waals surface area contributed by atoms with Crippen molar-refractivity contribution in [3.8, 4) is 0 Å². The first-order valence-corrected chi connectivity index (χ1v) is 40.9. The first-order valence-electron chi connectivity index (χ1n) is 40.9. The zero-order chi connectivity index (χ0) is 71.1. The second-order valence-corrected chi connectivity index (χ2v) is 29.6. The molecule has 1 amide bonds. The molecule has 3 saturated heterocycles. The van der Waals surface area contributed by atoms with Crippen LogP contribution in [0.3, 0.4) is 0 Å². The summed E-state index contributed by atoms with van der Waals surface area (Å²) in [5.74, 6) is -0.266. The second-order valence-electron chi connectivity index (χ2n) is 29.6. The van der Waals surface area contributed by atoms with Crippen LogP contribution in [0.25, 0.3) is 0 Å². The topological polar surface area (TPSA) is 307 Å². The van der Waals surface area contributed by atoms with Crippen LogP contribution < -0.4 is 5.32 Å². The van der Waals surface area contributed by atoms with E-state index in [1.807, 2.05) is 6.08 Å². The van der Waals surface area contributed by atoms with E-state index >= 15 is 0 Å². The van der Waals surface area contributed by atoms with Gasteiger partial charge in [-0.1, -0.05) is 341 Å². The first kappa shape index (κ1) is 90.7. The van der Waals surface area contributed by atoms with Gasteiger partial charge in [0, 0.05) is 6.42 Å². The van der Waals surface area contributed by atoms with Crippen molar-refractivity contribution >= 4 is 5.91 Å². The number of ether oxygens (including phenoxy) is 6. The summed E-state index contributed by atoms with van der Waals surface area (Å²) in [7, 11) is 0. The second kappa shape index (κ2) is 60.8. The van der Waals surface area contributed by atoms with E-state index in [1.54, 1.807) is 6.08 Å². The molecular formula is C79H151NO18. The van der Waals surface area contributed by atoms with Crippen LogP contribution in [0.5, 0.6) is 0 Å². The van der Waals surface area contributed by atoms with E-state index in [9.17, 15) is 61.0 Å². The zero-order valence-electron chi connectivity index (χ0n) is 62.1. The highest BCUT2D eigenvalue weighted by molar-refractivity contribution is 5.76. The monoisotopic (exact) mass is 1400 g/mol. The van der Waals surface area contributed by atoms with Crippen LogP contribution in [-0.4, -0.2) is 193 Å². The maximum atomic E-state index is 13.5. The average Bonchev–Trinajstić information content (AvgIpc) is 0.785. The minimum atomic E-state index is -1.98. The summed E-state index contributed by atoms with van der Waals surface area (Å²) in [6, 6.07) is -0.970. The Bertz CT molecular complexity index is 1820. The highest BCUT2D eigenvalue weighted by atomic mass is 16.8. The van der Waals surface area contributed by atoms with Crippen molar-refractivity contribution < 1.29 is 89.4 Å². The van der Waals surface area contributed by atoms with Gasteiger partial charge in [-0.15, -0.1) is 0 Å². The molecular weight excluding hydrogens is 1250 g/mol. The molecule has 3 aliphatic rings. The van der Waals surface area contributed by atoms with Crippen LogP contribution >= 0.6 is 0 Å².